The fraction of sp³-hybridized carbons (Fsp3) is 0.571. The maximum Gasteiger partial charge on any atom is 0.257 e. The number of carbonyl (C=O) groups excluding carboxylic acids is 1. The highest BCUT2D eigenvalue weighted by Gasteiger charge is 2.32. The monoisotopic (exact) mass is 353 g/mol. The number of carbonyl (C=O) groups is 1. The summed E-state index contributed by atoms with van der Waals surface area (Å²) in [5.41, 5.74) is 3.03. The highest BCUT2D eigenvalue weighted by atomic mass is 79.9. The van der Waals surface area contributed by atoms with Gasteiger partial charge in [-0.3, -0.25) is 9.69 Å². The van der Waals surface area contributed by atoms with E-state index in [1.54, 1.807) is 12.3 Å². The molecule has 0 spiro atoms. The Balaban J connectivity index is 1.77. The lowest BCUT2D eigenvalue weighted by atomic mass is 9.99. The molecule has 2 aliphatic heterocycles. The number of piperazine rings is 1. The van der Waals surface area contributed by atoms with E-state index in [-0.39, 0.29) is 5.91 Å². The molecule has 0 radical (unpaired) electrons. The molecule has 3 heterocycles. The molecule has 6 nitrogen and oxygen atoms in total. The van der Waals surface area contributed by atoms with Gasteiger partial charge in [-0.25, -0.2) is 10.8 Å². The van der Waals surface area contributed by atoms with Crippen molar-refractivity contribution >= 4 is 27.7 Å². The number of aromatic nitrogens is 1. The van der Waals surface area contributed by atoms with E-state index in [2.05, 4.69) is 31.2 Å². The van der Waals surface area contributed by atoms with E-state index in [0.717, 1.165) is 24.1 Å². The van der Waals surface area contributed by atoms with Crippen LogP contribution in [0.2, 0.25) is 0 Å². The number of pyridine rings is 1. The summed E-state index contributed by atoms with van der Waals surface area (Å²) in [6.07, 6.45) is 5.35. The van der Waals surface area contributed by atoms with E-state index >= 15 is 0 Å². The van der Waals surface area contributed by atoms with Gasteiger partial charge in [-0.15, -0.1) is 0 Å². The maximum atomic E-state index is 12.8. The first-order valence-corrected chi connectivity index (χ1v) is 8.14. The van der Waals surface area contributed by atoms with E-state index in [0.29, 0.717) is 17.4 Å². The number of nitrogens with two attached hydrogens (primary N) is 1. The van der Waals surface area contributed by atoms with Gasteiger partial charge in [0.1, 0.15) is 0 Å². The molecule has 21 heavy (non-hydrogen) atoms. The molecule has 0 bridgehead atoms. The van der Waals surface area contributed by atoms with E-state index in [1.165, 1.54) is 25.8 Å². The van der Waals surface area contributed by atoms with Crippen molar-refractivity contribution in [3.05, 3.63) is 22.3 Å². The first kappa shape index (κ1) is 14.7. The first-order valence-electron chi connectivity index (χ1n) is 7.34. The number of piperidine rings is 1. The summed E-state index contributed by atoms with van der Waals surface area (Å²) in [4.78, 5) is 21.3. The summed E-state index contributed by atoms with van der Waals surface area (Å²) >= 11 is 3.36. The highest BCUT2D eigenvalue weighted by Crippen LogP contribution is 2.24. The molecule has 0 saturated carbocycles. The molecule has 0 aromatic carbocycles. The fourth-order valence-electron chi connectivity index (χ4n) is 3.23. The molecule has 1 atom stereocenters. The van der Waals surface area contributed by atoms with Gasteiger partial charge in [0, 0.05) is 36.3 Å². The topological polar surface area (TPSA) is 74.5 Å². The summed E-state index contributed by atoms with van der Waals surface area (Å²) in [6.45, 7) is 3.70. The van der Waals surface area contributed by atoms with Gasteiger partial charge >= 0.3 is 0 Å². The predicted molar refractivity (Wildman–Crippen MR) is 84.9 cm³/mol. The number of halogens is 1. The van der Waals surface area contributed by atoms with Crippen molar-refractivity contribution in [3.63, 3.8) is 0 Å². The second-order valence-electron chi connectivity index (χ2n) is 5.63. The summed E-state index contributed by atoms with van der Waals surface area (Å²) < 4.78 is 0.779. The van der Waals surface area contributed by atoms with E-state index in [9.17, 15) is 4.79 Å². The van der Waals surface area contributed by atoms with Gasteiger partial charge in [-0.2, -0.15) is 0 Å². The lowest BCUT2D eigenvalue weighted by Gasteiger charge is -2.44. The summed E-state index contributed by atoms with van der Waals surface area (Å²) in [6, 6.07) is 2.28. The van der Waals surface area contributed by atoms with Crippen LogP contribution in [0.3, 0.4) is 0 Å². The van der Waals surface area contributed by atoms with Crippen LogP contribution in [0.25, 0.3) is 0 Å². The predicted octanol–water partition coefficient (Wildman–Crippen LogP) is 1.44. The smallest absolute Gasteiger partial charge is 0.257 e. The Labute approximate surface area is 132 Å². The minimum absolute atomic E-state index is 0.00183. The summed E-state index contributed by atoms with van der Waals surface area (Å²) in [5.74, 6) is 5.89. The normalized spacial score (nSPS) is 22.8. The minimum atomic E-state index is 0.00183. The Morgan fingerprint density at radius 2 is 2.24 bits per heavy atom. The van der Waals surface area contributed by atoms with Gasteiger partial charge in [0.2, 0.25) is 0 Å². The third-order valence-electron chi connectivity index (χ3n) is 4.35. The number of hydrogen-bond donors (Lipinski definition) is 2. The van der Waals surface area contributed by atoms with Crippen molar-refractivity contribution in [1.29, 1.82) is 0 Å². The Bertz CT molecular complexity index is 538. The zero-order chi connectivity index (χ0) is 14.8. The Morgan fingerprint density at radius 3 is 3.05 bits per heavy atom. The van der Waals surface area contributed by atoms with Crippen LogP contribution in [0.4, 0.5) is 5.82 Å². The van der Waals surface area contributed by atoms with Crippen LogP contribution >= 0.6 is 15.9 Å². The van der Waals surface area contributed by atoms with Crippen molar-refractivity contribution in [1.82, 2.24) is 14.8 Å². The number of nitrogens with zero attached hydrogens (tertiary/aromatic N) is 3. The Kier molecular flexibility index (Phi) is 4.42. The molecule has 2 saturated heterocycles. The molecule has 1 aromatic rings. The van der Waals surface area contributed by atoms with Crippen LogP contribution in [0.1, 0.15) is 29.6 Å². The number of amides is 1. The Hall–Kier alpha value is -1.18. The number of nitrogen functional groups attached to an aromatic ring is 1. The van der Waals surface area contributed by atoms with Crippen molar-refractivity contribution in [2.24, 2.45) is 5.84 Å². The average molecular weight is 354 g/mol. The SMILES string of the molecule is NNc1ncc(Br)cc1C(=O)N1CCN2CCCCC2C1. The largest absolute Gasteiger partial charge is 0.336 e. The molecule has 114 valence electrons. The van der Waals surface area contributed by atoms with Crippen molar-refractivity contribution < 1.29 is 4.79 Å². The van der Waals surface area contributed by atoms with Gasteiger partial charge in [0.25, 0.3) is 5.91 Å². The highest BCUT2D eigenvalue weighted by molar-refractivity contribution is 9.10. The molecule has 3 rings (SSSR count). The number of anilines is 1. The molecule has 2 fully saturated rings. The number of hydrogen-bond acceptors (Lipinski definition) is 5. The van der Waals surface area contributed by atoms with Crippen LogP contribution in [0.5, 0.6) is 0 Å². The summed E-state index contributed by atoms with van der Waals surface area (Å²) in [7, 11) is 0. The second-order valence-corrected chi connectivity index (χ2v) is 6.55. The molecule has 1 amide bonds. The molecule has 3 N–H and O–H groups in total. The van der Waals surface area contributed by atoms with Crippen molar-refractivity contribution in [2.75, 3.05) is 31.6 Å². The van der Waals surface area contributed by atoms with Crippen LogP contribution in [0.15, 0.2) is 16.7 Å². The molecule has 7 heteroatoms. The molecular weight excluding hydrogens is 334 g/mol. The lowest BCUT2D eigenvalue weighted by molar-refractivity contribution is 0.0373. The zero-order valence-corrected chi connectivity index (χ0v) is 13.5. The molecule has 1 unspecified atom stereocenters. The maximum absolute atomic E-state index is 12.8. The third-order valence-corrected chi connectivity index (χ3v) is 4.78. The molecule has 0 aliphatic carbocycles. The van der Waals surface area contributed by atoms with E-state index in [1.807, 2.05) is 4.90 Å². The number of nitrogens with one attached hydrogen (secondary N) is 1. The van der Waals surface area contributed by atoms with Gasteiger partial charge in [-0.05, 0) is 41.4 Å². The van der Waals surface area contributed by atoms with Gasteiger partial charge in [-0.1, -0.05) is 6.42 Å². The lowest BCUT2D eigenvalue weighted by Crippen LogP contribution is -2.56. The van der Waals surface area contributed by atoms with Crippen LogP contribution in [-0.4, -0.2) is 52.9 Å². The quantitative estimate of drug-likeness (QED) is 0.621. The average Bonchev–Trinajstić information content (AvgIpc) is 2.53. The molecule has 2 aliphatic rings. The first-order chi connectivity index (χ1) is 10.2. The van der Waals surface area contributed by atoms with Gasteiger partial charge in [0.15, 0.2) is 5.82 Å². The van der Waals surface area contributed by atoms with Gasteiger partial charge in [0.05, 0.1) is 5.56 Å². The second kappa shape index (κ2) is 6.29. The minimum Gasteiger partial charge on any atom is -0.336 e. The third kappa shape index (κ3) is 3.04. The zero-order valence-electron chi connectivity index (χ0n) is 11.9. The van der Waals surface area contributed by atoms with Gasteiger partial charge < -0.3 is 10.3 Å². The fourth-order valence-corrected chi connectivity index (χ4v) is 3.56. The van der Waals surface area contributed by atoms with Crippen molar-refractivity contribution in [2.45, 2.75) is 25.3 Å². The molecular formula is C14H20BrN5O. The van der Waals surface area contributed by atoms with Crippen LogP contribution < -0.4 is 11.3 Å². The number of rotatable bonds is 2. The number of fused-ring (bicyclic) bond motifs is 1. The Morgan fingerprint density at radius 1 is 1.38 bits per heavy atom. The standard InChI is InChI=1S/C14H20BrN5O/c15-10-7-12(13(18-16)17-8-10)14(21)20-6-5-19-4-2-1-3-11(19)9-20/h7-8,11H,1-6,9,16H2,(H,17,18). The van der Waals surface area contributed by atoms with E-state index < -0.39 is 0 Å². The van der Waals surface area contributed by atoms with E-state index in [4.69, 9.17) is 5.84 Å². The van der Waals surface area contributed by atoms with Crippen molar-refractivity contribution in [3.8, 4) is 0 Å². The van der Waals surface area contributed by atoms with Crippen LogP contribution in [0, 0.1) is 0 Å². The van der Waals surface area contributed by atoms with Crippen LogP contribution in [-0.2, 0) is 0 Å². The number of hydrazine groups is 1. The summed E-state index contributed by atoms with van der Waals surface area (Å²) in [5, 5.41) is 0. The molecule has 1 aromatic heterocycles.